The van der Waals surface area contributed by atoms with E-state index in [2.05, 4.69) is 5.32 Å². The highest BCUT2D eigenvalue weighted by molar-refractivity contribution is 7.10. The fraction of sp³-hybridized carbons (Fsp3) is 0.241. The number of carbonyl (C=O) groups excluding carboxylic acids is 2. The van der Waals surface area contributed by atoms with Crippen LogP contribution in [0.25, 0.3) is 0 Å². The van der Waals surface area contributed by atoms with Crippen molar-refractivity contribution >= 4 is 28.8 Å². The molecule has 194 valence electrons. The number of methoxy groups -OCH3 is 1. The average molecular weight is 531 g/mol. The lowest BCUT2D eigenvalue weighted by atomic mass is 9.72. The van der Waals surface area contributed by atoms with Gasteiger partial charge >= 0.3 is 5.97 Å². The second-order valence-corrected chi connectivity index (χ2v) is 10.3. The highest BCUT2D eigenvalue weighted by atomic mass is 32.1. The Labute approximate surface area is 223 Å². The Morgan fingerprint density at radius 1 is 1.11 bits per heavy atom. The molecule has 0 radical (unpaired) electrons. The van der Waals surface area contributed by atoms with Crippen LogP contribution in [0.3, 0.4) is 0 Å². The first-order valence-electron chi connectivity index (χ1n) is 12.2. The molecule has 0 saturated carbocycles. The molecule has 2 aromatic carbocycles. The van der Waals surface area contributed by atoms with Gasteiger partial charge in [-0.25, -0.2) is 4.79 Å². The molecular formula is C29H26N2O6S. The summed E-state index contributed by atoms with van der Waals surface area (Å²) < 4.78 is 10.9. The molecule has 1 aliphatic heterocycles. The van der Waals surface area contributed by atoms with E-state index in [1.807, 2.05) is 29.6 Å². The maximum atomic E-state index is 13.6. The minimum absolute atomic E-state index is 0.0477. The Kier molecular flexibility index (Phi) is 7.11. The van der Waals surface area contributed by atoms with E-state index in [0.29, 0.717) is 41.0 Å². The van der Waals surface area contributed by atoms with Crippen LogP contribution >= 0.6 is 11.3 Å². The van der Waals surface area contributed by atoms with E-state index >= 15 is 0 Å². The zero-order valence-corrected chi connectivity index (χ0v) is 21.7. The van der Waals surface area contributed by atoms with Crippen molar-refractivity contribution < 1.29 is 24.0 Å². The maximum absolute atomic E-state index is 13.6. The molecule has 5 rings (SSSR count). The lowest BCUT2D eigenvalue weighted by molar-refractivity contribution is -0.384. The summed E-state index contributed by atoms with van der Waals surface area (Å²) in [5.41, 5.74) is 3.60. The van der Waals surface area contributed by atoms with Gasteiger partial charge in [0.25, 0.3) is 5.69 Å². The summed E-state index contributed by atoms with van der Waals surface area (Å²) in [7, 11) is 1.58. The maximum Gasteiger partial charge on any atom is 0.337 e. The number of allylic oxidation sites excluding steroid dienone is 3. The number of benzene rings is 2. The first-order valence-corrected chi connectivity index (χ1v) is 13.1. The number of nitro benzene ring substituents is 1. The molecule has 2 atom stereocenters. The fourth-order valence-corrected chi connectivity index (χ4v) is 5.94. The quantitative estimate of drug-likeness (QED) is 0.235. The van der Waals surface area contributed by atoms with Crippen molar-refractivity contribution in [2.45, 2.75) is 38.2 Å². The monoisotopic (exact) mass is 530 g/mol. The molecule has 0 amide bonds. The van der Waals surface area contributed by atoms with E-state index in [1.54, 1.807) is 49.6 Å². The van der Waals surface area contributed by atoms with Crippen LogP contribution in [0.2, 0.25) is 0 Å². The largest absolute Gasteiger partial charge is 0.497 e. The van der Waals surface area contributed by atoms with Gasteiger partial charge in [-0.1, -0.05) is 30.3 Å². The number of hydrogen-bond acceptors (Lipinski definition) is 8. The number of ether oxygens (including phenoxy) is 2. The van der Waals surface area contributed by atoms with E-state index < -0.39 is 16.8 Å². The van der Waals surface area contributed by atoms with Crippen molar-refractivity contribution in [2.75, 3.05) is 7.11 Å². The van der Waals surface area contributed by atoms with Gasteiger partial charge in [0.2, 0.25) is 0 Å². The molecule has 0 saturated heterocycles. The number of Topliss-reactive ketones (excluding diaryl/α,β-unsaturated/α-hetero) is 1. The van der Waals surface area contributed by atoms with Gasteiger partial charge in [-0.3, -0.25) is 14.9 Å². The molecule has 0 spiro atoms. The van der Waals surface area contributed by atoms with Crippen LogP contribution in [0.4, 0.5) is 5.69 Å². The smallest absolute Gasteiger partial charge is 0.337 e. The molecule has 0 fully saturated rings. The van der Waals surface area contributed by atoms with Crippen LogP contribution in [-0.2, 0) is 20.9 Å². The summed E-state index contributed by atoms with van der Waals surface area (Å²) in [5, 5.41) is 16.6. The average Bonchev–Trinajstić information content (AvgIpc) is 3.46. The lowest BCUT2D eigenvalue weighted by Gasteiger charge is -2.36. The highest BCUT2D eigenvalue weighted by Crippen LogP contribution is 2.46. The lowest BCUT2D eigenvalue weighted by Crippen LogP contribution is -2.36. The summed E-state index contributed by atoms with van der Waals surface area (Å²) in [6.45, 7) is 1.85. The second kappa shape index (κ2) is 10.6. The molecular weight excluding hydrogens is 504 g/mol. The van der Waals surface area contributed by atoms with Crippen LogP contribution in [-0.4, -0.2) is 23.8 Å². The molecule has 3 aromatic rings. The summed E-state index contributed by atoms with van der Waals surface area (Å²) >= 11 is 1.62. The molecule has 38 heavy (non-hydrogen) atoms. The number of non-ortho nitro benzene ring substituents is 1. The van der Waals surface area contributed by atoms with Gasteiger partial charge in [0.1, 0.15) is 12.4 Å². The standard InChI is InChI=1S/C29H26N2O6S/c1-17-26(29(33)37-16-18-5-11-22(36-2)12-6-18)27(19-7-9-21(10-8-19)31(34)35)28-23(30-17)14-20(15-24(28)32)25-4-3-13-38-25/h3-13,20,27,30H,14-16H2,1-2H3/t20-,27+/m1/s1. The molecule has 0 unspecified atom stereocenters. The predicted octanol–water partition coefficient (Wildman–Crippen LogP) is 5.77. The Hall–Kier alpha value is -4.24. The van der Waals surface area contributed by atoms with Gasteiger partial charge in [-0.15, -0.1) is 11.3 Å². The number of ketones is 1. The van der Waals surface area contributed by atoms with Gasteiger partial charge in [-0.2, -0.15) is 0 Å². The number of esters is 1. The van der Waals surface area contributed by atoms with E-state index in [1.165, 1.54) is 12.1 Å². The Morgan fingerprint density at radius 3 is 2.47 bits per heavy atom. The molecule has 1 N–H and O–H groups in total. The van der Waals surface area contributed by atoms with Crippen molar-refractivity contribution in [3.8, 4) is 5.75 Å². The molecule has 2 heterocycles. The van der Waals surface area contributed by atoms with Crippen molar-refractivity contribution in [1.29, 1.82) is 0 Å². The van der Waals surface area contributed by atoms with Crippen molar-refractivity contribution in [2.24, 2.45) is 0 Å². The van der Waals surface area contributed by atoms with Crippen LogP contribution in [0.5, 0.6) is 5.75 Å². The number of nitro groups is 1. The Bertz CT molecular complexity index is 1440. The molecule has 8 nitrogen and oxygen atoms in total. The molecule has 1 aromatic heterocycles. The number of dihydropyridines is 1. The van der Waals surface area contributed by atoms with Crippen LogP contribution in [0, 0.1) is 10.1 Å². The van der Waals surface area contributed by atoms with Gasteiger partial charge < -0.3 is 14.8 Å². The third-order valence-electron chi connectivity index (χ3n) is 6.96. The third-order valence-corrected chi connectivity index (χ3v) is 7.99. The zero-order chi connectivity index (χ0) is 26.8. The Balaban J connectivity index is 1.49. The SMILES string of the molecule is COc1ccc(COC(=O)C2=C(C)NC3=C(C(=O)C[C@H](c4cccs4)C3)[C@H]2c2ccc([N+](=O)[O-])cc2)cc1. The number of nitrogens with one attached hydrogen (secondary N) is 1. The molecule has 9 heteroatoms. The normalized spacial score (nSPS) is 19.1. The number of nitrogens with zero attached hydrogens (tertiary/aromatic N) is 1. The number of rotatable bonds is 7. The summed E-state index contributed by atoms with van der Waals surface area (Å²) in [5.74, 6) is -0.526. The van der Waals surface area contributed by atoms with E-state index in [4.69, 9.17) is 9.47 Å². The van der Waals surface area contributed by atoms with E-state index in [9.17, 15) is 19.7 Å². The fourth-order valence-electron chi connectivity index (χ4n) is 5.10. The van der Waals surface area contributed by atoms with E-state index in [-0.39, 0.29) is 24.0 Å². The summed E-state index contributed by atoms with van der Waals surface area (Å²) in [6, 6.07) is 17.2. The highest BCUT2D eigenvalue weighted by Gasteiger charge is 2.41. The van der Waals surface area contributed by atoms with Crippen LogP contribution in [0.1, 0.15) is 47.6 Å². The summed E-state index contributed by atoms with van der Waals surface area (Å²) in [4.78, 5) is 39.0. The molecule has 2 aliphatic rings. The zero-order valence-electron chi connectivity index (χ0n) is 20.9. The minimum Gasteiger partial charge on any atom is -0.497 e. The minimum atomic E-state index is -0.688. The second-order valence-electron chi connectivity index (χ2n) is 9.31. The van der Waals surface area contributed by atoms with E-state index in [0.717, 1.165) is 16.1 Å². The molecule has 1 aliphatic carbocycles. The van der Waals surface area contributed by atoms with Gasteiger partial charge in [-0.05, 0) is 48.1 Å². The number of thiophene rings is 1. The number of carbonyl (C=O) groups is 2. The van der Waals surface area contributed by atoms with Gasteiger partial charge in [0.15, 0.2) is 5.78 Å². The first kappa shape index (κ1) is 25.4. The first-order chi connectivity index (χ1) is 18.4. The topological polar surface area (TPSA) is 108 Å². The van der Waals surface area contributed by atoms with Gasteiger partial charge in [0.05, 0.1) is 17.6 Å². The predicted molar refractivity (Wildman–Crippen MR) is 143 cm³/mol. The number of hydrogen-bond donors (Lipinski definition) is 1. The van der Waals surface area contributed by atoms with Crippen molar-refractivity contribution in [1.82, 2.24) is 5.32 Å². The van der Waals surface area contributed by atoms with Gasteiger partial charge in [0, 0.05) is 52.2 Å². The van der Waals surface area contributed by atoms with Crippen LogP contribution < -0.4 is 10.1 Å². The third kappa shape index (κ3) is 4.97. The van der Waals surface area contributed by atoms with Crippen molar-refractivity contribution in [3.05, 3.63) is 115 Å². The van der Waals surface area contributed by atoms with Crippen LogP contribution in [0.15, 0.2) is 88.6 Å². The molecule has 0 bridgehead atoms. The summed E-state index contributed by atoms with van der Waals surface area (Å²) in [6.07, 6.45) is 0.967. The Morgan fingerprint density at radius 2 is 1.84 bits per heavy atom. The van der Waals surface area contributed by atoms with Crippen molar-refractivity contribution in [3.63, 3.8) is 0 Å².